The van der Waals surface area contributed by atoms with Gasteiger partial charge < -0.3 is 24.4 Å². The monoisotopic (exact) mass is 483 g/mol. The third-order valence-corrected chi connectivity index (χ3v) is 6.87. The highest BCUT2D eigenvalue weighted by atomic mass is 32.2. The Morgan fingerprint density at radius 3 is 2.61 bits per heavy atom. The number of thiazole rings is 1. The van der Waals surface area contributed by atoms with E-state index in [2.05, 4.69) is 10.3 Å². The van der Waals surface area contributed by atoms with E-state index in [0.29, 0.717) is 24.5 Å². The minimum Gasteiger partial charge on any atom is -0.497 e. The van der Waals surface area contributed by atoms with E-state index in [-0.39, 0.29) is 5.91 Å². The topological polar surface area (TPSA) is 72.9 Å². The molecule has 0 atom stereocenters. The number of hydrogen-bond acceptors (Lipinski definition) is 8. The van der Waals surface area contributed by atoms with Gasteiger partial charge in [0.15, 0.2) is 16.6 Å². The van der Waals surface area contributed by atoms with Crippen molar-refractivity contribution in [1.82, 2.24) is 9.88 Å². The average molecular weight is 484 g/mol. The van der Waals surface area contributed by atoms with Crippen LogP contribution in [0, 0.1) is 0 Å². The van der Waals surface area contributed by atoms with Crippen LogP contribution in [0.5, 0.6) is 17.2 Å². The van der Waals surface area contributed by atoms with Gasteiger partial charge >= 0.3 is 0 Å². The van der Waals surface area contributed by atoms with Crippen molar-refractivity contribution in [3.05, 3.63) is 64.1 Å². The Kier molecular flexibility index (Phi) is 7.41. The van der Waals surface area contributed by atoms with E-state index in [1.807, 2.05) is 58.8 Å². The molecule has 4 rings (SSSR count). The highest BCUT2D eigenvalue weighted by Gasteiger charge is 2.25. The SMILES string of the molecule is COc1ccc(Nc2nc(/C=C3/SCCN3C(=O)Cc3ccc(OC)c(OC)c3)cs2)cc1. The van der Waals surface area contributed by atoms with Gasteiger partial charge in [0.1, 0.15) is 5.75 Å². The Balaban J connectivity index is 1.43. The lowest BCUT2D eigenvalue weighted by Crippen LogP contribution is -2.28. The van der Waals surface area contributed by atoms with Crippen molar-refractivity contribution < 1.29 is 19.0 Å². The number of aromatic nitrogens is 1. The predicted molar refractivity (Wildman–Crippen MR) is 134 cm³/mol. The molecule has 1 fully saturated rings. The van der Waals surface area contributed by atoms with Crippen LogP contribution in [-0.2, 0) is 11.2 Å². The number of nitrogens with one attached hydrogen (secondary N) is 1. The first-order valence-electron chi connectivity index (χ1n) is 10.3. The molecular weight excluding hydrogens is 458 g/mol. The minimum absolute atomic E-state index is 0.0466. The van der Waals surface area contributed by atoms with Gasteiger partial charge in [0, 0.05) is 23.4 Å². The lowest BCUT2D eigenvalue weighted by molar-refractivity contribution is -0.127. The highest BCUT2D eigenvalue weighted by Crippen LogP contribution is 2.33. The fraction of sp³-hybridized carbons (Fsp3) is 0.250. The molecule has 33 heavy (non-hydrogen) atoms. The molecule has 1 aromatic heterocycles. The molecule has 1 saturated heterocycles. The van der Waals surface area contributed by atoms with Crippen molar-refractivity contribution in [2.45, 2.75) is 6.42 Å². The van der Waals surface area contributed by atoms with E-state index in [4.69, 9.17) is 14.2 Å². The number of carbonyl (C=O) groups excluding carboxylic acids is 1. The van der Waals surface area contributed by atoms with Crippen LogP contribution >= 0.6 is 23.1 Å². The molecular formula is C24H25N3O4S2. The van der Waals surface area contributed by atoms with Crippen molar-refractivity contribution in [3.8, 4) is 17.2 Å². The number of thioether (sulfide) groups is 1. The molecule has 0 radical (unpaired) electrons. The van der Waals surface area contributed by atoms with Gasteiger partial charge in [-0.1, -0.05) is 6.07 Å². The van der Waals surface area contributed by atoms with Crippen LogP contribution in [0.15, 0.2) is 52.9 Å². The summed E-state index contributed by atoms with van der Waals surface area (Å²) in [7, 11) is 4.83. The van der Waals surface area contributed by atoms with E-state index in [9.17, 15) is 4.79 Å². The standard InChI is InChI=1S/C24H25N3O4S2/c1-29-19-7-5-17(6-8-19)25-24-26-18(15-33-24)14-23-27(10-11-32-23)22(28)13-16-4-9-20(30-2)21(12-16)31-3/h4-9,12,14-15H,10-11,13H2,1-3H3,(H,25,26)/b23-14+. The van der Waals surface area contributed by atoms with E-state index >= 15 is 0 Å². The van der Waals surface area contributed by atoms with Crippen LogP contribution in [0.2, 0.25) is 0 Å². The molecule has 0 spiro atoms. The fourth-order valence-electron chi connectivity index (χ4n) is 3.39. The number of rotatable bonds is 8. The molecule has 0 bridgehead atoms. The van der Waals surface area contributed by atoms with Crippen molar-refractivity contribution in [1.29, 1.82) is 0 Å². The van der Waals surface area contributed by atoms with Gasteiger partial charge in [0.25, 0.3) is 0 Å². The van der Waals surface area contributed by atoms with Crippen molar-refractivity contribution >= 4 is 45.9 Å². The second-order valence-corrected chi connectivity index (χ2v) is 9.15. The Labute approximate surface area is 201 Å². The van der Waals surface area contributed by atoms with Gasteiger partial charge in [-0.15, -0.1) is 23.1 Å². The summed E-state index contributed by atoms with van der Waals surface area (Å²) in [5.41, 5.74) is 2.64. The first-order chi connectivity index (χ1) is 16.1. The molecule has 0 saturated carbocycles. The lowest BCUT2D eigenvalue weighted by Gasteiger charge is -2.17. The number of ether oxygens (including phenoxy) is 3. The summed E-state index contributed by atoms with van der Waals surface area (Å²) in [5, 5.41) is 6.99. The summed E-state index contributed by atoms with van der Waals surface area (Å²) in [6.45, 7) is 0.684. The molecule has 0 unspecified atom stereocenters. The van der Waals surface area contributed by atoms with Gasteiger partial charge in [-0.2, -0.15) is 0 Å². The smallest absolute Gasteiger partial charge is 0.231 e. The number of nitrogens with zero attached hydrogens (tertiary/aromatic N) is 2. The molecule has 2 aromatic carbocycles. The number of anilines is 2. The van der Waals surface area contributed by atoms with E-state index in [0.717, 1.165) is 38.6 Å². The van der Waals surface area contributed by atoms with Crippen molar-refractivity contribution in [2.75, 3.05) is 38.9 Å². The largest absolute Gasteiger partial charge is 0.497 e. The zero-order valence-corrected chi connectivity index (χ0v) is 20.3. The molecule has 172 valence electrons. The first-order valence-corrected chi connectivity index (χ1v) is 12.2. The third-order valence-electron chi connectivity index (χ3n) is 5.07. The van der Waals surface area contributed by atoms with E-state index in [1.165, 1.54) is 11.3 Å². The lowest BCUT2D eigenvalue weighted by atomic mass is 10.1. The van der Waals surface area contributed by atoms with Crippen LogP contribution < -0.4 is 19.5 Å². The maximum absolute atomic E-state index is 13.0. The Hall–Kier alpha value is -3.17. The van der Waals surface area contributed by atoms with Crippen LogP contribution in [0.25, 0.3) is 6.08 Å². The maximum Gasteiger partial charge on any atom is 0.231 e. The second-order valence-electron chi connectivity index (χ2n) is 7.17. The van der Waals surface area contributed by atoms with E-state index < -0.39 is 0 Å². The third kappa shape index (κ3) is 5.61. The molecule has 2 heterocycles. The first kappa shape index (κ1) is 23.0. The van der Waals surface area contributed by atoms with Crippen LogP contribution in [0.3, 0.4) is 0 Å². The van der Waals surface area contributed by atoms with E-state index in [1.54, 1.807) is 33.1 Å². The summed E-state index contributed by atoms with van der Waals surface area (Å²) in [6, 6.07) is 13.2. The highest BCUT2D eigenvalue weighted by molar-refractivity contribution is 8.03. The summed E-state index contributed by atoms with van der Waals surface area (Å²) >= 11 is 3.19. The number of benzene rings is 2. The number of hydrogen-bond donors (Lipinski definition) is 1. The summed E-state index contributed by atoms with van der Waals surface area (Å²) in [6.07, 6.45) is 2.26. The number of methoxy groups -OCH3 is 3. The van der Waals surface area contributed by atoms with Crippen molar-refractivity contribution in [3.63, 3.8) is 0 Å². The average Bonchev–Trinajstić information content (AvgIpc) is 3.49. The molecule has 1 aliphatic heterocycles. The molecule has 7 nitrogen and oxygen atoms in total. The molecule has 0 aliphatic carbocycles. The summed E-state index contributed by atoms with van der Waals surface area (Å²) in [4.78, 5) is 19.5. The zero-order valence-electron chi connectivity index (χ0n) is 18.7. The van der Waals surface area contributed by atoms with Gasteiger partial charge in [0.2, 0.25) is 5.91 Å². The molecule has 1 amide bonds. The van der Waals surface area contributed by atoms with Gasteiger partial charge in [-0.05, 0) is 48.0 Å². The quantitative estimate of drug-likeness (QED) is 0.482. The second kappa shape index (κ2) is 10.6. The Bertz CT molecular complexity index is 1140. The number of amides is 1. The maximum atomic E-state index is 13.0. The summed E-state index contributed by atoms with van der Waals surface area (Å²) < 4.78 is 15.8. The Morgan fingerprint density at radius 2 is 1.88 bits per heavy atom. The van der Waals surface area contributed by atoms with Crippen LogP contribution in [0.4, 0.5) is 10.8 Å². The molecule has 1 N–H and O–H groups in total. The van der Waals surface area contributed by atoms with Gasteiger partial charge in [-0.3, -0.25) is 4.79 Å². The van der Waals surface area contributed by atoms with Crippen LogP contribution in [-0.4, -0.2) is 49.4 Å². The van der Waals surface area contributed by atoms with Crippen molar-refractivity contribution in [2.24, 2.45) is 0 Å². The fourth-order valence-corrected chi connectivity index (χ4v) is 5.12. The molecule has 3 aromatic rings. The normalized spacial score (nSPS) is 14.4. The van der Waals surface area contributed by atoms with Crippen LogP contribution in [0.1, 0.15) is 11.3 Å². The number of carbonyl (C=O) groups is 1. The molecule has 9 heteroatoms. The minimum atomic E-state index is 0.0466. The van der Waals surface area contributed by atoms with Gasteiger partial charge in [-0.25, -0.2) is 4.98 Å². The Morgan fingerprint density at radius 1 is 1.09 bits per heavy atom. The molecule has 1 aliphatic rings. The summed E-state index contributed by atoms with van der Waals surface area (Å²) in [5.74, 6) is 2.98. The zero-order chi connectivity index (χ0) is 23.2. The van der Waals surface area contributed by atoms with Gasteiger partial charge in [0.05, 0.1) is 38.5 Å². The predicted octanol–water partition coefficient (Wildman–Crippen LogP) is 5.03.